The molecule has 0 bridgehead atoms. The molecule has 4 rings (SSSR count). The Balaban J connectivity index is 1.83. The second-order valence-corrected chi connectivity index (χ2v) is 7.53. The van der Waals surface area contributed by atoms with Crippen LogP contribution in [-0.4, -0.2) is 23.3 Å². The van der Waals surface area contributed by atoms with Crippen LogP contribution in [0.4, 0.5) is 18.9 Å². The molecule has 0 spiro atoms. The number of carbonyl (C=O) groups is 1. The Morgan fingerprint density at radius 2 is 1.56 bits per heavy atom. The molecule has 0 unspecified atom stereocenters. The molecule has 6 heteroatoms. The molecule has 0 atom stereocenters. The topological polar surface area (TPSA) is 24.7 Å². The molecule has 4 aromatic rings. The van der Waals surface area contributed by atoms with Crippen LogP contribution in [0, 0.1) is 0 Å². The fraction of sp³-hybridized carbons (Fsp3) is 0.192. The van der Waals surface area contributed by atoms with Gasteiger partial charge in [0.05, 0.1) is 16.8 Å². The predicted octanol–water partition coefficient (Wildman–Crippen LogP) is 6.70. The van der Waals surface area contributed by atoms with Crippen molar-refractivity contribution in [3.8, 4) is 11.1 Å². The highest BCUT2D eigenvalue weighted by molar-refractivity contribution is 6.10. The van der Waals surface area contributed by atoms with Crippen LogP contribution >= 0.6 is 0 Å². The minimum absolute atomic E-state index is 0.243. The lowest BCUT2D eigenvalue weighted by Gasteiger charge is -2.21. The standard InChI is InChI=1S/C26H23F3N2O/c1-3-30(4-2)21-12-10-19(11-13-21)25(32)24-17-22(18-8-6-5-7-9-18)23-16-20(26(27,28)29)14-15-31(23)24/h5-17H,3-4H2,1-2H3. The van der Waals surface area contributed by atoms with Crippen molar-refractivity contribution in [1.29, 1.82) is 0 Å². The smallest absolute Gasteiger partial charge is 0.372 e. The lowest BCUT2D eigenvalue weighted by molar-refractivity contribution is -0.137. The number of benzene rings is 2. The number of pyridine rings is 1. The van der Waals surface area contributed by atoms with Crippen molar-refractivity contribution in [1.82, 2.24) is 4.40 Å². The average molecular weight is 436 g/mol. The second kappa shape index (κ2) is 8.54. The predicted molar refractivity (Wildman–Crippen MR) is 121 cm³/mol. The van der Waals surface area contributed by atoms with E-state index in [0.717, 1.165) is 36.5 Å². The summed E-state index contributed by atoms with van der Waals surface area (Å²) in [6, 6.07) is 20.2. The van der Waals surface area contributed by atoms with Gasteiger partial charge in [0.2, 0.25) is 5.78 Å². The van der Waals surface area contributed by atoms with Gasteiger partial charge < -0.3 is 9.30 Å². The van der Waals surface area contributed by atoms with E-state index in [-0.39, 0.29) is 5.78 Å². The summed E-state index contributed by atoms with van der Waals surface area (Å²) in [6.07, 6.45) is -3.15. The minimum Gasteiger partial charge on any atom is -0.372 e. The van der Waals surface area contributed by atoms with E-state index >= 15 is 0 Å². The van der Waals surface area contributed by atoms with Gasteiger partial charge in [-0.15, -0.1) is 0 Å². The number of nitrogens with zero attached hydrogens (tertiary/aromatic N) is 2. The van der Waals surface area contributed by atoms with Gasteiger partial charge in [0.15, 0.2) is 0 Å². The SMILES string of the molecule is CCN(CC)c1ccc(C(=O)c2cc(-c3ccccc3)c3cc(C(F)(F)F)ccn23)cc1. The summed E-state index contributed by atoms with van der Waals surface area (Å²) in [6.45, 7) is 5.84. The Kier molecular flexibility index (Phi) is 5.78. The fourth-order valence-electron chi connectivity index (χ4n) is 3.96. The molecule has 0 saturated carbocycles. The number of hydrogen-bond donors (Lipinski definition) is 0. The van der Waals surface area contributed by atoms with Crippen molar-refractivity contribution in [2.24, 2.45) is 0 Å². The number of fused-ring (bicyclic) bond motifs is 1. The van der Waals surface area contributed by atoms with E-state index in [9.17, 15) is 18.0 Å². The Hall–Kier alpha value is -3.54. The quantitative estimate of drug-likeness (QED) is 0.314. The maximum atomic E-state index is 13.4. The molecule has 0 N–H and O–H groups in total. The maximum absolute atomic E-state index is 13.4. The third kappa shape index (κ3) is 4.00. The van der Waals surface area contributed by atoms with E-state index in [1.54, 1.807) is 18.2 Å². The summed E-state index contributed by atoms with van der Waals surface area (Å²) in [5.74, 6) is -0.243. The average Bonchev–Trinajstić information content (AvgIpc) is 3.19. The first-order chi connectivity index (χ1) is 15.3. The summed E-state index contributed by atoms with van der Waals surface area (Å²) in [7, 11) is 0. The number of ketones is 1. The molecule has 0 saturated heterocycles. The molecular formula is C26H23F3N2O. The zero-order chi connectivity index (χ0) is 22.9. The Labute approximate surface area is 184 Å². The molecule has 2 aromatic carbocycles. The molecule has 0 aliphatic carbocycles. The fourth-order valence-corrected chi connectivity index (χ4v) is 3.96. The highest BCUT2D eigenvalue weighted by atomic mass is 19.4. The summed E-state index contributed by atoms with van der Waals surface area (Å²) >= 11 is 0. The summed E-state index contributed by atoms with van der Waals surface area (Å²) in [5.41, 5.74) is 2.76. The number of alkyl halides is 3. The monoisotopic (exact) mass is 436 g/mol. The number of carbonyl (C=O) groups excluding carboxylic acids is 1. The lowest BCUT2D eigenvalue weighted by Crippen LogP contribution is -2.21. The molecule has 0 aliphatic rings. The van der Waals surface area contributed by atoms with Crippen molar-refractivity contribution < 1.29 is 18.0 Å². The molecule has 0 amide bonds. The van der Waals surface area contributed by atoms with Gasteiger partial charge in [-0.25, -0.2) is 0 Å². The number of aromatic nitrogens is 1. The van der Waals surface area contributed by atoms with Gasteiger partial charge in [-0.2, -0.15) is 13.2 Å². The summed E-state index contributed by atoms with van der Waals surface area (Å²) < 4.78 is 41.6. The van der Waals surface area contributed by atoms with Crippen LogP contribution in [0.1, 0.15) is 35.5 Å². The van der Waals surface area contributed by atoms with E-state index in [1.165, 1.54) is 10.6 Å². The van der Waals surface area contributed by atoms with Crippen molar-refractivity contribution in [3.63, 3.8) is 0 Å². The highest BCUT2D eigenvalue weighted by Crippen LogP contribution is 2.35. The van der Waals surface area contributed by atoms with Crippen LogP contribution in [-0.2, 0) is 6.18 Å². The lowest BCUT2D eigenvalue weighted by atomic mass is 10.0. The zero-order valence-electron chi connectivity index (χ0n) is 17.9. The molecule has 2 aromatic heterocycles. The van der Waals surface area contributed by atoms with Gasteiger partial charge in [0, 0.05) is 36.1 Å². The first-order valence-corrected chi connectivity index (χ1v) is 10.5. The van der Waals surface area contributed by atoms with Crippen LogP contribution in [0.15, 0.2) is 79.0 Å². The number of halogens is 3. The third-order valence-corrected chi connectivity index (χ3v) is 5.67. The summed E-state index contributed by atoms with van der Waals surface area (Å²) in [4.78, 5) is 15.5. The molecule has 32 heavy (non-hydrogen) atoms. The Bertz CT molecular complexity index is 1240. The normalized spacial score (nSPS) is 11.7. The van der Waals surface area contributed by atoms with Crippen molar-refractivity contribution in [2.75, 3.05) is 18.0 Å². The van der Waals surface area contributed by atoms with Crippen LogP contribution in [0.5, 0.6) is 0 Å². The molecule has 3 nitrogen and oxygen atoms in total. The number of hydrogen-bond acceptors (Lipinski definition) is 2. The highest BCUT2D eigenvalue weighted by Gasteiger charge is 2.31. The molecule has 0 aliphatic heterocycles. The largest absolute Gasteiger partial charge is 0.416 e. The van der Waals surface area contributed by atoms with Crippen LogP contribution in [0.25, 0.3) is 16.6 Å². The number of anilines is 1. The maximum Gasteiger partial charge on any atom is 0.416 e. The van der Waals surface area contributed by atoms with E-state index < -0.39 is 11.7 Å². The van der Waals surface area contributed by atoms with Crippen LogP contribution < -0.4 is 4.90 Å². The molecule has 0 radical (unpaired) electrons. The van der Waals surface area contributed by atoms with Gasteiger partial charge in [0.25, 0.3) is 0 Å². The van der Waals surface area contributed by atoms with Crippen molar-refractivity contribution in [3.05, 3.63) is 95.8 Å². The van der Waals surface area contributed by atoms with Gasteiger partial charge in [-0.05, 0) is 61.9 Å². The van der Waals surface area contributed by atoms with E-state index in [2.05, 4.69) is 18.7 Å². The first kappa shape index (κ1) is 21.7. The van der Waals surface area contributed by atoms with E-state index in [0.29, 0.717) is 22.3 Å². The second-order valence-electron chi connectivity index (χ2n) is 7.53. The van der Waals surface area contributed by atoms with Gasteiger partial charge in [0.1, 0.15) is 0 Å². The Morgan fingerprint density at radius 3 is 2.16 bits per heavy atom. The van der Waals surface area contributed by atoms with Crippen LogP contribution in [0.3, 0.4) is 0 Å². The van der Waals surface area contributed by atoms with Crippen molar-refractivity contribution in [2.45, 2.75) is 20.0 Å². The molecule has 2 heterocycles. The van der Waals surface area contributed by atoms with Crippen molar-refractivity contribution >= 4 is 17.0 Å². The minimum atomic E-state index is -4.47. The van der Waals surface area contributed by atoms with Gasteiger partial charge >= 0.3 is 6.18 Å². The van der Waals surface area contributed by atoms with E-state index in [4.69, 9.17) is 0 Å². The molecular weight excluding hydrogens is 413 g/mol. The molecule has 0 fully saturated rings. The zero-order valence-corrected chi connectivity index (χ0v) is 17.9. The third-order valence-electron chi connectivity index (χ3n) is 5.67. The molecule has 164 valence electrons. The van der Waals surface area contributed by atoms with Gasteiger partial charge in [-0.3, -0.25) is 4.79 Å². The number of rotatable bonds is 6. The Morgan fingerprint density at radius 1 is 0.906 bits per heavy atom. The van der Waals surface area contributed by atoms with Gasteiger partial charge in [-0.1, -0.05) is 30.3 Å². The summed E-state index contributed by atoms with van der Waals surface area (Å²) in [5, 5.41) is 0. The van der Waals surface area contributed by atoms with E-state index in [1.807, 2.05) is 42.5 Å². The van der Waals surface area contributed by atoms with Crippen LogP contribution in [0.2, 0.25) is 0 Å². The first-order valence-electron chi connectivity index (χ1n) is 10.5.